The number of hydrogen-bond donors (Lipinski definition) is 7. The number of aryl methyl sites for hydroxylation is 1. The van der Waals surface area contributed by atoms with E-state index in [-0.39, 0.29) is 35.7 Å². The van der Waals surface area contributed by atoms with Crippen LogP contribution < -0.4 is 27.0 Å². The second-order valence-corrected chi connectivity index (χ2v) is 14.4. The fourth-order valence-corrected chi connectivity index (χ4v) is 7.14. The summed E-state index contributed by atoms with van der Waals surface area (Å²) in [6.07, 6.45) is -2.41. The molecule has 3 atom stereocenters. The molecule has 8 N–H and O–H groups in total. The minimum absolute atomic E-state index is 0.0708. The van der Waals surface area contributed by atoms with Gasteiger partial charge in [-0.25, -0.2) is 4.98 Å². The lowest BCUT2D eigenvalue weighted by Gasteiger charge is -2.33. The zero-order chi connectivity index (χ0) is 39.3. The summed E-state index contributed by atoms with van der Waals surface area (Å²) in [6, 6.07) is 18.2. The summed E-state index contributed by atoms with van der Waals surface area (Å²) in [5.74, 6) is -7.44. The topological polar surface area (TPSA) is 170 Å². The molecule has 11 nitrogen and oxygen atoms in total. The number of benzene rings is 3. The monoisotopic (exact) mass is 768 g/mol. The maximum absolute atomic E-state index is 13.8. The van der Waals surface area contributed by atoms with Crippen molar-refractivity contribution in [1.29, 1.82) is 0 Å². The fraction of sp³-hybridized carbons (Fsp3) is 0.436. The molecule has 2 aliphatic rings. The second-order valence-electron chi connectivity index (χ2n) is 14.4. The van der Waals surface area contributed by atoms with Crippen molar-refractivity contribution < 1.29 is 36.6 Å². The van der Waals surface area contributed by atoms with Gasteiger partial charge < -0.3 is 26.8 Å². The Bertz CT molecular complexity index is 1920. The van der Waals surface area contributed by atoms with Crippen molar-refractivity contribution in [2.75, 3.05) is 25.0 Å². The van der Waals surface area contributed by atoms with Crippen LogP contribution in [0.15, 0.2) is 66.7 Å². The minimum atomic E-state index is -5.85. The minimum Gasteiger partial charge on any atom is -0.378 e. The largest absolute Gasteiger partial charge is 0.461 e. The first-order chi connectivity index (χ1) is 26.2. The highest BCUT2D eigenvalue weighted by atomic mass is 19.4. The van der Waals surface area contributed by atoms with Gasteiger partial charge in [-0.3, -0.25) is 20.0 Å². The maximum atomic E-state index is 13.8. The van der Waals surface area contributed by atoms with Gasteiger partial charge in [0.05, 0.1) is 6.04 Å². The first-order valence-corrected chi connectivity index (χ1v) is 18.4. The van der Waals surface area contributed by atoms with Crippen molar-refractivity contribution in [1.82, 2.24) is 31.1 Å². The molecule has 1 aromatic heterocycles. The summed E-state index contributed by atoms with van der Waals surface area (Å²) in [6.45, 7) is 4.18. The Morgan fingerprint density at radius 1 is 0.945 bits per heavy atom. The van der Waals surface area contributed by atoms with Gasteiger partial charge in [0.25, 0.3) is 5.91 Å². The van der Waals surface area contributed by atoms with Crippen LogP contribution in [0.2, 0.25) is 0 Å². The van der Waals surface area contributed by atoms with Crippen molar-refractivity contribution in [3.63, 3.8) is 0 Å². The summed E-state index contributed by atoms with van der Waals surface area (Å²) in [5, 5.41) is 28.7. The van der Waals surface area contributed by atoms with Crippen LogP contribution in [-0.4, -0.2) is 76.2 Å². The van der Waals surface area contributed by atoms with Crippen molar-refractivity contribution in [3.05, 3.63) is 89.2 Å². The number of nitrogens with one attached hydrogen (secondary N) is 5. The van der Waals surface area contributed by atoms with E-state index in [4.69, 9.17) is 5.73 Å². The van der Waals surface area contributed by atoms with E-state index in [1.54, 1.807) is 5.10 Å². The summed E-state index contributed by atoms with van der Waals surface area (Å²) in [4.78, 5) is 29.9. The molecule has 1 saturated heterocycles. The Balaban J connectivity index is 1.15. The lowest BCUT2D eigenvalue weighted by atomic mass is 9.81. The van der Waals surface area contributed by atoms with Gasteiger partial charge in [-0.05, 0) is 129 Å². The number of anilines is 1. The van der Waals surface area contributed by atoms with E-state index in [0.717, 1.165) is 67.4 Å². The van der Waals surface area contributed by atoms with Gasteiger partial charge >= 0.3 is 12.1 Å². The number of carbonyl (C=O) groups is 2. The molecule has 1 aliphatic heterocycles. The zero-order valence-corrected chi connectivity index (χ0v) is 30.2. The van der Waals surface area contributed by atoms with E-state index in [1.807, 2.05) is 49.4 Å². The summed E-state index contributed by atoms with van der Waals surface area (Å²) < 4.78 is 65.8. The van der Waals surface area contributed by atoms with Crippen LogP contribution in [0, 0.1) is 18.8 Å². The molecular weight excluding hydrogens is 723 g/mol. The molecular formula is C39H45F5N8O3. The SMILES string of the molecule is Cc1cc(C(=O)NC2CCNC2)ccc1-c1ccc(CC(NC(O)C2CCC(CN)CC2)C(=O)Nc2ccc(-c3n[nH]c(C(F)(F)C(F)(F)F)n3)cc2)cc1. The number of aliphatic hydroxyl groups excluding tert-OH is 1. The molecule has 55 heavy (non-hydrogen) atoms. The molecule has 4 aromatic rings. The molecule has 2 fully saturated rings. The molecule has 1 saturated carbocycles. The predicted molar refractivity (Wildman–Crippen MR) is 197 cm³/mol. The lowest BCUT2D eigenvalue weighted by molar-refractivity contribution is -0.292. The third-order valence-electron chi connectivity index (χ3n) is 10.5. The van der Waals surface area contributed by atoms with Crippen molar-refractivity contribution >= 4 is 17.5 Å². The lowest BCUT2D eigenvalue weighted by Crippen LogP contribution is -2.50. The van der Waals surface area contributed by atoms with E-state index < -0.39 is 36.1 Å². The van der Waals surface area contributed by atoms with E-state index in [2.05, 4.69) is 31.3 Å². The number of aliphatic hydroxyl groups is 1. The van der Waals surface area contributed by atoms with Crippen LogP contribution in [0.4, 0.5) is 27.6 Å². The van der Waals surface area contributed by atoms with E-state index in [0.29, 0.717) is 23.7 Å². The number of nitrogens with zero attached hydrogens (tertiary/aromatic N) is 2. The van der Waals surface area contributed by atoms with E-state index in [1.165, 1.54) is 24.3 Å². The first kappa shape index (κ1) is 39.9. The number of amides is 2. The normalized spacial score (nSPS) is 20.2. The molecule has 6 rings (SSSR count). The smallest absolute Gasteiger partial charge is 0.378 e. The average molecular weight is 769 g/mol. The van der Waals surface area contributed by atoms with Gasteiger partial charge in [-0.2, -0.15) is 27.1 Å². The number of carbonyl (C=O) groups excluding carboxylic acids is 2. The van der Waals surface area contributed by atoms with Gasteiger partial charge in [0, 0.05) is 29.4 Å². The van der Waals surface area contributed by atoms with Crippen molar-refractivity contribution in [3.8, 4) is 22.5 Å². The third kappa shape index (κ3) is 9.55. The molecule has 0 radical (unpaired) electrons. The number of aromatic nitrogens is 3. The van der Waals surface area contributed by atoms with Crippen LogP contribution in [0.25, 0.3) is 22.5 Å². The molecule has 16 heteroatoms. The van der Waals surface area contributed by atoms with Crippen molar-refractivity contribution in [2.24, 2.45) is 17.6 Å². The van der Waals surface area contributed by atoms with Crippen LogP contribution >= 0.6 is 0 Å². The first-order valence-electron chi connectivity index (χ1n) is 18.4. The molecule has 0 bridgehead atoms. The highest BCUT2D eigenvalue weighted by Gasteiger charge is 2.61. The highest BCUT2D eigenvalue weighted by Crippen LogP contribution is 2.42. The molecule has 3 unspecified atom stereocenters. The van der Waals surface area contributed by atoms with Gasteiger partial charge in [0.15, 0.2) is 5.82 Å². The highest BCUT2D eigenvalue weighted by molar-refractivity contribution is 5.96. The number of H-pyrrole nitrogens is 1. The average Bonchev–Trinajstić information content (AvgIpc) is 3.88. The maximum Gasteiger partial charge on any atom is 0.461 e. The Kier molecular flexibility index (Phi) is 12.3. The third-order valence-corrected chi connectivity index (χ3v) is 10.5. The Morgan fingerprint density at radius 2 is 1.64 bits per heavy atom. The summed E-state index contributed by atoms with van der Waals surface area (Å²) in [7, 11) is 0. The number of alkyl halides is 5. The summed E-state index contributed by atoms with van der Waals surface area (Å²) in [5.41, 5.74) is 10.5. The van der Waals surface area contributed by atoms with Gasteiger partial charge in [-0.15, -0.1) is 0 Å². The number of rotatable bonds is 13. The molecule has 294 valence electrons. The van der Waals surface area contributed by atoms with Gasteiger partial charge in [-0.1, -0.05) is 30.3 Å². The molecule has 3 aromatic carbocycles. The molecule has 2 amide bonds. The predicted octanol–water partition coefficient (Wildman–Crippen LogP) is 5.42. The molecule has 1 aliphatic carbocycles. The van der Waals surface area contributed by atoms with Crippen molar-refractivity contribution in [2.45, 2.75) is 75.9 Å². The van der Waals surface area contributed by atoms with Crippen LogP contribution in [0.1, 0.15) is 59.4 Å². The van der Waals surface area contributed by atoms with E-state index in [9.17, 15) is 36.6 Å². The Hall–Kier alpha value is -4.77. The van der Waals surface area contributed by atoms with E-state index >= 15 is 0 Å². The number of aromatic amines is 1. The standard InChI is InChI=1S/C39H45F5N8O3/c1-22-18-28(35(54)48-30-16-17-46-21-30)12-15-31(22)25-6-2-23(3-7-25)19-32(49-34(53)27-8-4-24(20-45)5-9-27)36(55)47-29-13-10-26(11-14-29)33-50-37(52-51-33)38(40,41)39(42,43)44/h2-3,6-7,10-15,18,24,27,30,32,34,46,49,53H,4-5,8-9,16-17,19-21,45H2,1H3,(H,47,55)(H,48,54)(H,50,51,52). The van der Waals surface area contributed by atoms with Crippen LogP contribution in [-0.2, 0) is 17.1 Å². The molecule has 0 spiro atoms. The Labute approximate surface area is 315 Å². The summed E-state index contributed by atoms with van der Waals surface area (Å²) >= 11 is 0. The van der Waals surface area contributed by atoms with Crippen LogP contribution in [0.5, 0.6) is 0 Å². The van der Waals surface area contributed by atoms with Gasteiger partial charge in [0.2, 0.25) is 11.7 Å². The number of hydrogen-bond acceptors (Lipinski definition) is 8. The second kappa shape index (κ2) is 16.9. The van der Waals surface area contributed by atoms with Crippen LogP contribution in [0.3, 0.4) is 0 Å². The Morgan fingerprint density at radius 3 is 2.25 bits per heavy atom. The quantitative estimate of drug-likeness (QED) is 0.0700. The molecule has 2 heterocycles. The fourth-order valence-electron chi connectivity index (χ4n) is 7.14. The number of halogens is 5. The van der Waals surface area contributed by atoms with Gasteiger partial charge in [0.1, 0.15) is 6.23 Å². The number of nitrogens with two attached hydrogens (primary N) is 1. The zero-order valence-electron chi connectivity index (χ0n) is 30.2.